The van der Waals surface area contributed by atoms with Crippen LogP contribution >= 0.6 is 0 Å². The lowest BCUT2D eigenvalue weighted by Gasteiger charge is -2.42. The number of morpholine rings is 1. The third-order valence-electron chi connectivity index (χ3n) is 4.58. The molecule has 2 heterocycles. The fraction of sp³-hybridized carbons (Fsp3) is 0.647. The zero-order valence-electron chi connectivity index (χ0n) is 13.1. The molecule has 0 bridgehead atoms. The highest BCUT2D eigenvalue weighted by Gasteiger charge is 2.46. The minimum Gasteiger partial charge on any atom is -0.491 e. The summed E-state index contributed by atoms with van der Waals surface area (Å²) in [6, 6.07) is 9.59. The number of benzene rings is 1. The molecule has 0 radical (unpaired) electrons. The molecule has 1 spiro atoms. The van der Waals surface area contributed by atoms with E-state index in [1.165, 1.54) is 0 Å². The van der Waals surface area contributed by atoms with E-state index in [1.54, 1.807) is 0 Å². The number of β-amino-alcohol motifs (C(OH)–C–C–N with tert-alkyl or cyclic N) is 1. The van der Waals surface area contributed by atoms with Gasteiger partial charge in [0.25, 0.3) is 0 Å². The molecule has 1 aromatic rings. The normalized spacial score (nSPS) is 30.5. The monoisotopic (exact) mass is 307 g/mol. The molecule has 1 aromatic carbocycles. The van der Waals surface area contributed by atoms with Gasteiger partial charge in [0, 0.05) is 32.7 Å². The van der Waals surface area contributed by atoms with E-state index in [0.717, 1.165) is 31.9 Å². The molecule has 122 valence electrons. The number of para-hydroxylation sites is 1. The molecule has 3 rings (SSSR count). The molecule has 1 N–H and O–H groups in total. The van der Waals surface area contributed by atoms with Gasteiger partial charge in [-0.15, -0.1) is 0 Å². The number of ether oxygens (including phenoxy) is 3. The second-order valence-corrected chi connectivity index (χ2v) is 6.19. The van der Waals surface area contributed by atoms with Crippen LogP contribution in [0.25, 0.3) is 0 Å². The first kappa shape index (κ1) is 15.7. The van der Waals surface area contributed by atoms with E-state index >= 15 is 0 Å². The van der Waals surface area contributed by atoms with Gasteiger partial charge >= 0.3 is 0 Å². The molecule has 0 saturated carbocycles. The van der Waals surface area contributed by atoms with E-state index in [1.807, 2.05) is 30.3 Å². The topological polar surface area (TPSA) is 51.2 Å². The minimum atomic E-state index is -0.506. The molecule has 3 unspecified atom stereocenters. The fourth-order valence-electron chi connectivity index (χ4n) is 3.26. The number of rotatable bonds is 5. The summed E-state index contributed by atoms with van der Waals surface area (Å²) in [4.78, 5) is 2.26. The summed E-state index contributed by atoms with van der Waals surface area (Å²) in [5, 5.41) is 10.2. The molecule has 3 atom stereocenters. The summed E-state index contributed by atoms with van der Waals surface area (Å²) in [5.74, 6) is 0.790. The molecule has 2 saturated heterocycles. The second-order valence-electron chi connectivity index (χ2n) is 6.19. The fourth-order valence-corrected chi connectivity index (χ4v) is 3.26. The molecular formula is C17H25NO4. The van der Waals surface area contributed by atoms with Gasteiger partial charge in [0.15, 0.2) is 0 Å². The highest BCUT2D eigenvalue weighted by molar-refractivity contribution is 5.20. The second kappa shape index (κ2) is 6.96. The van der Waals surface area contributed by atoms with E-state index in [-0.39, 0.29) is 11.7 Å². The van der Waals surface area contributed by atoms with Crippen LogP contribution < -0.4 is 4.74 Å². The molecular weight excluding hydrogens is 282 g/mol. The van der Waals surface area contributed by atoms with Gasteiger partial charge in [0.05, 0.1) is 12.7 Å². The van der Waals surface area contributed by atoms with Crippen molar-refractivity contribution >= 4 is 0 Å². The molecule has 5 nitrogen and oxygen atoms in total. The summed E-state index contributed by atoms with van der Waals surface area (Å²) in [6.07, 6.45) is 0.544. The van der Waals surface area contributed by atoms with Crippen molar-refractivity contribution in [2.45, 2.75) is 31.2 Å². The lowest BCUT2D eigenvalue weighted by molar-refractivity contribution is -0.140. The molecule has 22 heavy (non-hydrogen) atoms. The Morgan fingerprint density at radius 2 is 2.18 bits per heavy atom. The quantitative estimate of drug-likeness (QED) is 0.889. The van der Waals surface area contributed by atoms with Crippen molar-refractivity contribution in [3.8, 4) is 5.75 Å². The van der Waals surface area contributed by atoms with Gasteiger partial charge in [0.1, 0.15) is 24.1 Å². The van der Waals surface area contributed by atoms with Crippen LogP contribution in [0.3, 0.4) is 0 Å². The Kier molecular flexibility index (Phi) is 4.98. The molecule has 2 aliphatic heterocycles. The SMILES string of the molecule is CC1OCCC12CN(CC(O)COc1ccccc1)CCO2. The van der Waals surface area contributed by atoms with E-state index in [2.05, 4.69) is 11.8 Å². The van der Waals surface area contributed by atoms with E-state index in [9.17, 15) is 5.11 Å². The van der Waals surface area contributed by atoms with Gasteiger partial charge in [-0.25, -0.2) is 0 Å². The predicted octanol–water partition coefficient (Wildman–Crippen LogP) is 1.31. The van der Waals surface area contributed by atoms with Crippen molar-refractivity contribution in [2.24, 2.45) is 0 Å². The lowest BCUT2D eigenvalue weighted by Crippen LogP contribution is -2.56. The molecule has 2 aliphatic rings. The number of nitrogens with zero attached hydrogens (tertiary/aromatic N) is 1. The Morgan fingerprint density at radius 1 is 1.36 bits per heavy atom. The van der Waals surface area contributed by atoms with E-state index < -0.39 is 6.10 Å². The summed E-state index contributed by atoms with van der Waals surface area (Å²) in [7, 11) is 0. The third-order valence-corrected chi connectivity index (χ3v) is 4.58. The van der Waals surface area contributed by atoms with Gasteiger partial charge in [-0.05, 0) is 19.1 Å². The standard InChI is InChI=1S/C17H25NO4/c1-14-17(7-9-20-14)13-18(8-10-22-17)11-15(19)12-21-16-5-3-2-4-6-16/h2-6,14-15,19H,7-13H2,1H3. The van der Waals surface area contributed by atoms with Crippen LogP contribution in [0.15, 0.2) is 30.3 Å². The Morgan fingerprint density at radius 3 is 2.91 bits per heavy atom. The molecule has 0 amide bonds. The van der Waals surface area contributed by atoms with Crippen LogP contribution in [0, 0.1) is 0 Å². The van der Waals surface area contributed by atoms with Crippen molar-refractivity contribution in [2.75, 3.05) is 39.5 Å². The maximum absolute atomic E-state index is 10.2. The summed E-state index contributed by atoms with van der Waals surface area (Å²) in [5.41, 5.74) is -0.196. The van der Waals surface area contributed by atoms with E-state index in [4.69, 9.17) is 14.2 Å². The predicted molar refractivity (Wildman–Crippen MR) is 83.1 cm³/mol. The zero-order valence-corrected chi connectivity index (χ0v) is 13.1. The first-order chi connectivity index (χ1) is 10.7. The number of aliphatic hydroxyl groups is 1. The molecule has 2 fully saturated rings. The van der Waals surface area contributed by atoms with Gasteiger partial charge in [-0.1, -0.05) is 18.2 Å². The largest absolute Gasteiger partial charge is 0.491 e. The van der Waals surface area contributed by atoms with Crippen LogP contribution in [0.1, 0.15) is 13.3 Å². The van der Waals surface area contributed by atoms with Crippen LogP contribution in [0.5, 0.6) is 5.75 Å². The molecule has 0 aromatic heterocycles. The van der Waals surface area contributed by atoms with E-state index in [0.29, 0.717) is 19.8 Å². The minimum absolute atomic E-state index is 0.119. The smallest absolute Gasteiger partial charge is 0.119 e. The Bertz CT molecular complexity index is 469. The first-order valence-electron chi connectivity index (χ1n) is 8.02. The van der Waals surface area contributed by atoms with Crippen molar-refractivity contribution in [1.29, 1.82) is 0 Å². The van der Waals surface area contributed by atoms with Gasteiger partial charge in [0.2, 0.25) is 0 Å². The van der Waals surface area contributed by atoms with Crippen LogP contribution in [-0.2, 0) is 9.47 Å². The third kappa shape index (κ3) is 3.60. The highest BCUT2D eigenvalue weighted by atomic mass is 16.6. The van der Waals surface area contributed by atoms with Gasteiger partial charge < -0.3 is 19.3 Å². The van der Waals surface area contributed by atoms with Gasteiger partial charge in [-0.3, -0.25) is 4.90 Å². The van der Waals surface area contributed by atoms with Crippen molar-refractivity contribution in [3.63, 3.8) is 0 Å². The maximum Gasteiger partial charge on any atom is 0.119 e. The lowest BCUT2D eigenvalue weighted by atomic mass is 9.94. The van der Waals surface area contributed by atoms with Crippen LogP contribution in [0.4, 0.5) is 0 Å². The van der Waals surface area contributed by atoms with Crippen molar-refractivity contribution in [3.05, 3.63) is 30.3 Å². The zero-order chi connectivity index (χ0) is 15.4. The summed E-state index contributed by atoms with van der Waals surface area (Å²) in [6.45, 7) is 6.10. The number of hydrogen-bond acceptors (Lipinski definition) is 5. The number of aliphatic hydroxyl groups excluding tert-OH is 1. The molecule has 5 heteroatoms. The first-order valence-corrected chi connectivity index (χ1v) is 8.02. The highest BCUT2D eigenvalue weighted by Crippen LogP contribution is 2.33. The van der Waals surface area contributed by atoms with Gasteiger partial charge in [-0.2, -0.15) is 0 Å². The average molecular weight is 307 g/mol. The Labute approximate surface area is 131 Å². The summed E-state index contributed by atoms with van der Waals surface area (Å²) < 4.78 is 17.3. The Hall–Kier alpha value is -1.14. The van der Waals surface area contributed by atoms with Crippen molar-refractivity contribution < 1.29 is 19.3 Å². The van der Waals surface area contributed by atoms with Crippen LogP contribution in [0.2, 0.25) is 0 Å². The van der Waals surface area contributed by atoms with Crippen molar-refractivity contribution in [1.82, 2.24) is 4.90 Å². The van der Waals surface area contributed by atoms with Crippen LogP contribution in [-0.4, -0.2) is 67.3 Å². The molecule has 0 aliphatic carbocycles. The number of hydrogen-bond donors (Lipinski definition) is 1. The maximum atomic E-state index is 10.2. The Balaban J connectivity index is 1.48. The average Bonchev–Trinajstić information content (AvgIpc) is 2.87. The summed E-state index contributed by atoms with van der Waals surface area (Å²) >= 11 is 0.